The highest BCUT2D eigenvalue weighted by molar-refractivity contribution is 6.29. The molecule has 1 aliphatic carbocycles. The zero-order chi connectivity index (χ0) is 12.7. The third-order valence-corrected chi connectivity index (χ3v) is 3.31. The summed E-state index contributed by atoms with van der Waals surface area (Å²) in [5.41, 5.74) is 2.53. The Balaban J connectivity index is 2.10. The van der Waals surface area contributed by atoms with Crippen LogP contribution in [0.4, 0.5) is 4.39 Å². The molecule has 0 bridgehead atoms. The molecule has 3 rings (SSSR count). The van der Waals surface area contributed by atoms with Gasteiger partial charge in [0.05, 0.1) is 5.69 Å². The minimum atomic E-state index is -0.237. The normalized spacial score (nSPS) is 14.8. The van der Waals surface area contributed by atoms with Gasteiger partial charge >= 0.3 is 0 Å². The average molecular weight is 263 g/mol. The summed E-state index contributed by atoms with van der Waals surface area (Å²) in [6.07, 6.45) is 2.25. The highest BCUT2D eigenvalue weighted by Crippen LogP contribution is 2.39. The Morgan fingerprint density at radius 1 is 1.22 bits per heavy atom. The van der Waals surface area contributed by atoms with E-state index in [1.165, 1.54) is 12.1 Å². The molecule has 1 aromatic carbocycles. The van der Waals surface area contributed by atoms with E-state index in [1.807, 2.05) is 6.92 Å². The van der Waals surface area contributed by atoms with E-state index in [0.29, 0.717) is 11.1 Å². The van der Waals surface area contributed by atoms with Crippen molar-refractivity contribution in [1.29, 1.82) is 0 Å². The van der Waals surface area contributed by atoms with Gasteiger partial charge in [-0.3, -0.25) is 0 Å². The molecule has 0 atom stereocenters. The molecule has 1 fully saturated rings. The smallest absolute Gasteiger partial charge is 0.133 e. The molecular formula is C14H12ClFN2. The van der Waals surface area contributed by atoms with Crippen molar-refractivity contribution < 1.29 is 4.39 Å². The molecular weight excluding hydrogens is 251 g/mol. The van der Waals surface area contributed by atoms with Gasteiger partial charge in [-0.1, -0.05) is 11.6 Å². The largest absolute Gasteiger partial charge is 0.232 e. The minimum absolute atomic E-state index is 0.237. The molecule has 0 unspecified atom stereocenters. The Bertz CT molecular complexity index is 609. The highest BCUT2D eigenvalue weighted by atomic mass is 35.5. The Labute approximate surface area is 110 Å². The van der Waals surface area contributed by atoms with Crippen LogP contribution in [0.2, 0.25) is 5.15 Å². The van der Waals surface area contributed by atoms with Crippen LogP contribution in [-0.4, -0.2) is 9.97 Å². The van der Waals surface area contributed by atoms with Gasteiger partial charge in [-0.15, -0.1) is 0 Å². The van der Waals surface area contributed by atoms with Crippen molar-refractivity contribution in [1.82, 2.24) is 9.97 Å². The molecule has 1 aliphatic rings. The zero-order valence-corrected chi connectivity index (χ0v) is 10.7. The van der Waals surface area contributed by atoms with Crippen molar-refractivity contribution in [3.05, 3.63) is 46.6 Å². The summed E-state index contributed by atoms with van der Waals surface area (Å²) in [5, 5.41) is 0.450. The lowest BCUT2D eigenvalue weighted by atomic mass is 10.1. The van der Waals surface area contributed by atoms with Crippen LogP contribution in [0.15, 0.2) is 24.3 Å². The number of nitrogens with zero attached hydrogens (tertiary/aromatic N) is 2. The van der Waals surface area contributed by atoms with Gasteiger partial charge in [0.25, 0.3) is 0 Å². The van der Waals surface area contributed by atoms with E-state index in [0.717, 1.165) is 35.5 Å². The fourth-order valence-corrected chi connectivity index (χ4v) is 2.20. The topological polar surface area (TPSA) is 25.8 Å². The van der Waals surface area contributed by atoms with E-state index in [1.54, 1.807) is 12.1 Å². The van der Waals surface area contributed by atoms with Gasteiger partial charge in [-0.25, -0.2) is 14.4 Å². The maximum atomic E-state index is 13.1. The molecule has 2 aromatic rings. The summed E-state index contributed by atoms with van der Waals surface area (Å²) in [5.74, 6) is 1.02. The van der Waals surface area contributed by atoms with E-state index < -0.39 is 0 Å². The second-order valence-electron chi connectivity index (χ2n) is 4.67. The van der Waals surface area contributed by atoms with Crippen molar-refractivity contribution in [3.63, 3.8) is 0 Å². The molecule has 1 heterocycles. The van der Waals surface area contributed by atoms with E-state index >= 15 is 0 Å². The van der Waals surface area contributed by atoms with Crippen LogP contribution in [0.1, 0.15) is 30.1 Å². The first-order valence-electron chi connectivity index (χ1n) is 5.94. The van der Waals surface area contributed by atoms with Gasteiger partial charge in [0.15, 0.2) is 0 Å². The Morgan fingerprint density at radius 2 is 2.00 bits per heavy atom. The highest BCUT2D eigenvalue weighted by Gasteiger charge is 2.27. The third-order valence-electron chi connectivity index (χ3n) is 3.12. The molecule has 4 heteroatoms. The predicted molar refractivity (Wildman–Crippen MR) is 69.1 cm³/mol. The minimum Gasteiger partial charge on any atom is -0.232 e. The Morgan fingerprint density at radius 3 is 2.67 bits per heavy atom. The maximum absolute atomic E-state index is 13.1. The van der Waals surface area contributed by atoms with E-state index in [2.05, 4.69) is 9.97 Å². The van der Waals surface area contributed by atoms with Crippen LogP contribution in [-0.2, 0) is 0 Å². The van der Waals surface area contributed by atoms with Gasteiger partial charge in [0.1, 0.15) is 16.8 Å². The summed E-state index contributed by atoms with van der Waals surface area (Å²) in [6.45, 7) is 1.87. The van der Waals surface area contributed by atoms with Crippen molar-refractivity contribution >= 4 is 11.6 Å². The third kappa shape index (κ3) is 2.23. The summed E-state index contributed by atoms with van der Waals surface area (Å²) >= 11 is 6.03. The van der Waals surface area contributed by atoms with Crippen LogP contribution in [0.25, 0.3) is 11.3 Å². The van der Waals surface area contributed by atoms with Gasteiger partial charge in [-0.2, -0.15) is 0 Å². The fourth-order valence-electron chi connectivity index (χ4n) is 2.01. The molecule has 18 heavy (non-hydrogen) atoms. The molecule has 92 valence electrons. The lowest BCUT2D eigenvalue weighted by molar-refractivity contribution is 0.627. The van der Waals surface area contributed by atoms with Crippen LogP contribution in [0, 0.1) is 12.7 Å². The molecule has 0 amide bonds. The number of halogens is 2. The summed E-state index contributed by atoms with van der Waals surface area (Å²) in [7, 11) is 0. The number of aryl methyl sites for hydroxylation is 1. The summed E-state index contributed by atoms with van der Waals surface area (Å²) < 4.78 is 13.1. The fraction of sp³-hybridized carbons (Fsp3) is 0.286. The van der Waals surface area contributed by atoms with E-state index in [4.69, 9.17) is 11.6 Å². The molecule has 0 aliphatic heterocycles. The summed E-state index contributed by atoms with van der Waals surface area (Å²) in [6, 6.07) is 6.41. The Kier molecular flexibility index (Phi) is 2.78. The monoisotopic (exact) mass is 262 g/mol. The lowest BCUT2D eigenvalue weighted by Crippen LogP contribution is -1.96. The molecule has 1 saturated carbocycles. The number of benzene rings is 1. The van der Waals surface area contributed by atoms with Gasteiger partial charge < -0.3 is 0 Å². The second-order valence-corrected chi connectivity index (χ2v) is 5.05. The zero-order valence-electron chi connectivity index (χ0n) is 9.95. The molecule has 1 aromatic heterocycles. The van der Waals surface area contributed by atoms with Crippen molar-refractivity contribution in [2.24, 2.45) is 0 Å². The SMILES string of the molecule is Cc1cc(F)ccc1-c1cc(Cl)nc(C2CC2)n1. The first-order valence-corrected chi connectivity index (χ1v) is 6.32. The van der Waals surface area contributed by atoms with Crippen LogP contribution in [0.3, 0.4) is 0 Å². The van der Waals surface area contributed by atoms with E-state index in [-0.39, 0.29) is 5.82 Å². The van der Waals surface area contributed by atoms with Crippen molar-refractivity contribution in [2.45, 2.75) is 25.7 Å². The number of rotatable bonds is 2. The number of hydrogen-bond acceptors (Lipinski definition) is 2. The summed E-state index contributed by atoms with van der Waals surface area (Å²) in [4.78, 5) is 8.79. The van der Waals surface area contributed by atoms with E-state index in [9.17, 15) is 4.39 Å². The molecule has 0 spiro atoms. The van der Waals surface area contributed by atoms with Crippen LogP contribution < -0.4 is 0 Å². The molecule has 0 radical (unpaired) electrons. The second kappa shape index (κ2) is 4.32. The Hall–Kier alpha value is -1.48. The van der Waals surface area contributed by atoms with Crippen LogP contribution in [0.5, 0.6) is 0 Å². The van der Waals surface area contributed by atoms with Gasteiger partial charge in [-0.05, 0) is 43.5 Å². The maximum Gasteiger partial charge on any atom is 0.133 e. The first kappa shape index (κ1) is 11.6. The first-order chi connectivity index (χ1) is 8.63. The van der Waals surface area contributed by atoms with Crippen LogP contribution >= 0.6 is 11.6 Å². The predicted octanol–water partition coefficient (Wildman–Crippen LogP) is 4.12. The molecule has 0 saturated heterocycles. The van der Waals surface area contributed by atoms with Crippen molar-refractivity contribution in [2.75, 3.05) is 0 Å². The number of aromatic nitrogens is 2. The van der Waals surface area contributed by atoms with Gasteiger partial charge in [0.2, 0.25) is 0 Å². The van der Waals surface area contributed by atoms with Crippen molar-refractivity contribution in [3.8, 4) is 11.3 Å². The van der Waals surface area contributed by atoms with Gasteiger partial charge in [0, 0.05) is 17.5 Å². The lowest BCUT2D eigenvalue weighted by Gasteiger charge is -2.07. The quantitative estimate of drug-likeness (QED) is 0.761. The molecule has 2 nitrogen and oxygen atoms in total. The average Bonchev–Trinajstić information content (AvgIpc) is 3.11. The molecule has 0 N–H and O–H groups in total. The number of hydrogen-bond donors (Lipinski definition) is 0. The standard InChI is InChI=1S/C14H12ClFN2/c1-8-6-10(16)4-5-11(8)12-7-13(15)18-14(17-12)9-2-3-9/h4-7,9H,2-3H2,1H3.